The fourth-order valence-corrected chi connectivity index (χ4v) is 2.47. The third kappa shape index (κ3) is 2.83. The molecule has 0 bridgehead atoms. The van der Waals surface area contributed by atoms with Crippen LogP contribution in [-0.2, 0) is 6.54 Å². The maximum absolute atomic E-state index is 12.5. The van der Waals surface area contributed by atoms with Crippen LogP contribution >= 0.6 is 0 Å². The Morgan fingerprint density at radius 2 is 1.92 bits per heavy atom. The van der Waals surface area contributed by atoms with Gasteiger partial charge in [-0.05, 0) is 24.3 Å². The highest BCUT2D eigenvalue weighted by Crippen LogP contribution is 2.28. The van der Waals surface area contributed by atoms with Crippen molar-refractivity contribution in [3.05, 3.63) is 54.0 Å². The summed E-state index contributed by atoms with van der Waals surface area (Å²) in [6.45, 7) is 0.209. The molecule has 1 amide bonds. The quantitative estimate of drug-likeness (QED) is 0.748. The normalized spacial score (nSPS) is 10.6. The first-order valence-corrected chi connectivity index (χ1v) is 7.28. The van der Waals surface area contributed by atoms with E-state index in [2.05, 4.69) is 10.3 Å². The Morgan fingerprint density at radius 1 is 1.21 bits per heavy atom. The standard InChI is InChI=1S/C17H17N3O4/c1-23-13-6-3-7-14(24-2)15(13)17(22)18-9-11-10-20-8-4-5-12(21)16(20)19-11/h3-8,10,21H,9H2,1-2H3,(H,18,22). The van der Waals surface area contributed by atoms with Crippen molar-refractivity contribution in [1.82, 2.24) is 14.7 Å². The summed E-state index contributed by atoms with van der Waals surface area (Å²) in [4.78, 5) is 16.8. The molecule has 2 heterocycles. The fourth-order valence-electron chi connectivity index (χ4n) is 2.47. The first-order valence-electron chi connectivity index (χ1n) is 7.28. The summed E-state index contributed by atoms with van der Waals surface area (Å²) in [5.41, 5.74) is 1.39. The third-order valence-corrected chi connectivity index (χ3v) is 3.60. The number of pyridine rings is 1. The molecule has 24 heavy (non-hydrogen) atoms. The molecule has 0 spiro atoms. The number of methoxy groups -OCH3 is 2. The largest absolute Gasteiger partial charge is 0.504 e. The fraction of sp³-hybridized carbons (Fsp3) is 0.176. The predicted molar refractivity (Wildman–Crippen MR) is 87.6 cm³/mol. The Kier molecular flexibility index (Phi) is 4.24. The first kappa shape index (κ1) is 15.7. The van der Waals surface area contributed by atoms with Gasteiger partial charge in [-0.25, -0.2) is 4.98 Å². The number of nitrogens with zero attached hydrogens (tertiary/aromatic N) is 2. The summed E-state index contributed by atoms with van der Waals surface area (Å²) in [6, 6.07) is 8.41. The molecule has 7 heteroatoms. The zero-order valence-electron chi connectivity index (χ0n) is 13.3. The number of carbonyl (C=O) groups excluding carboxylic acids is 1. The Bertz CT molecular complexity index is 866. The van der Waals surface area contributed by atoms with Crippen molar-refractivity contribution < 1.29 is 19.4 Å². The summed E-state index contributed by atoms with van der Waals surface area (Å²) in [5, 5.41) is 12.6. The lowest BCUT2D eigenvalue weighted by molar-refractivity contribution is 0.0944. The van der Waals surface area contributed by atoms with Crippen molar-refractivity contribution in [2.45, 2.75) is 6.54 Å². The highest BCUT2D eigenvalue weighted by molar-refractivity contribution is 5.99. The molecule has 0 aliphatic heterocycles. The van der Waals surface area contributed by atoms with Gasteiger partial charge in [-0.2, -0.15) is 0 Å². The zero-order chi connectivity index (χ0) is 17.1. The number of imidazole rings is 1. The number of fused-ring (bicyclic) bond motifs is 1. The SMILES string of the molecule is COc1cccc(OC)c1C(=O)NCc1cn2cccc(O)c2n1. The molecular formula is C17H17N3O4. The molecular weight excluding hydrogens is 310 g/mol. The second kappa shape index (κ2) is 6.49. The molecule has 2 N–H and O–H groups in total. The first-order chi connectivity index (χ1) is 11.6. The lowest BCUT2D eigenvalue weighted by Crippen LogP contribution is -2.24. The van der Waals surface area contributed by atoms with Gasteiger partial charge in [0.05, 0.1) is 26.5 Å². The maximum Gasteiger partial charge on any atom is 0.259 e. The minimum absolute atomic E-state index is 0.0847. The molecule has 124 valence electrons. The topological polar surface area (TPSA) is 85.1 Å². The number of ether oxygens (including phenoxy) is 2. The monoisotopic (exact) mass is 327 g/mol. The summed E-state index contributed by atoms with van der Waals surface area (Å²) in [7, 11) is 2.99. The molecule has 3 aromatic rings. The molecule has 3 rings (SSSR count). The number of nitrogens with one attached hydrogen (secondary N) is 1. The van der Waals surface area contributed by atoms with Gasteiger partial charge < -0.3 is 24.3 Å². The van der Waals surface area contributed by atoms with Gasteiger partial charge in [0.2, 0.25) is 0 Å². The maximum atomic E-state index is 12.5. The summed E-state index contributed by atoms with van der Waals surface area (Å²) >= 11 is 0. The van der Waals surface area contributed by atoms with Gasteiger partial charge in [0, 0.05) is 12.4 Å². The average Bonchev–Trinajstić information content (AvgIpc) is 3.03. The number of rotatable bonds is 5. The van der Waals surface area contributed by atoms with Gasteiger partial charge in [-0.15, -0.1) is 0 Å². The van der Waals surface area contributed by atoms with Crippen LogP contribution in [0.15, 0.2) is 42.7 Å². The van der Waals surface area contributed by atoms with E-state index in [0.717, 1.165) is 0 Å². The Balaban J connectivity index is 1.81. The summed E-state index contributed by atoms with van der Waals surface area (Å²) in [6.07, 6.45) is 3.52. The van der Waals surface area contributed by atoms with Crippen LogP contribution in [0.3, 0.4) is 0 Å². The minimum atomic E-state index is -0.328. The van der Waals surface area contributed by atoms with Crippen molar-refractivity contribution in [1.29, 1.82) is 0 Å². The second-order valence-corrected chi connectivity index (χ2v) is 5.08. The number of aromatic nitrogens is 2. The molecule has 0 radical (unpaired) electrons. The molecule has 0 saturated carbocycles. The second-order valence-electron chi connectivity index (χ2n) is 5.08. The van der Waals surface area contributed by atoms with E-state index in [9.17, 15) is 9.90 Å². The number of carbonyl (C=O) groups is 1. The lowest BCUT2D eigenvalue weighted by atomic mass is 10.1. The van der Waals surface area contributed by atoms with Crippen molar-refractivity contribution >= 4 is 11.6 Å². The minimum Gasteiger partial charge on any atom is -0.504 e. The molecule has 2 aromatic heterocycles. The van der Waals surface area contributed by atoms with Gasteiger partial charge in [0.1, 0.15) is 17.1 Å². The van der Waals surface area contributed by atoms with Crippen LogP contribution in [0.2, 0.25) is 0 Å². The average molecular weight is 327 g/mol. The van der Waals surface area contributed by atoms with E-state index in [1.165, 1.54) is 14.2 Å². The van der Waals surface area contributed by atoms with Gasteiger partial charge in [-0.3, -0.25) is 4.79 Å². The number of amides is 1. The predicted octanol–water partition coefficient (Wildman–Crippen LogP) is 1.99. The van der Waals surface area contributed by atoms with E-state index in [0.29, 0.717) is 28.4 Å². The van der Waals surface area contributed by atoms with Crippen LogP contribution in [0, 0.1) is 0 Å². The molecule has 0 atom stereocenters. The number of hydrogen-bond acceptors (Lipinski definition) is 5. The van der Waals surface area contributed by atoms with Gasteiger partial charge >= 0.3 is 0 Å². The highest BCUT2D eigenvalue weighted by Gasteiger charge is 2.18. The van der Waals surface area contributed by atoms with Crippen LogP contribution in [0.1, 0.15) is 16.1 Å². The molecule has 0 unspecified atom stereocenters. The molecule has 0 fully saturated rings. The van der Waals surface area contributed by atoms with Crippen LogP contribution < -0.4 is 14.8 Å². The van der Waals surface area contributed by atoms with E-state index >= 15 is 0 Å². The van der Waals surface area contributed by atoms with E-state index < -0.39 is 0 Å². The van der Waals surface area contributed by atoms with Crippen molar-refractivity contribution in [2.75, 3.05) is 14.2 Å². The zero-order valence-corrected chi connectivity index (χ0v) is 13.3. The summed E-state index contributed by atoms with van der Waals surface area (Å²) < 4.78 is 12.2. The smallest absolute Gasteiger partial charge is 0.259 e. The van der Waals surface area contributed by atoms with E-state index in [1.807, 2.05) is 0 Å². The van der Waals surface area contributed by atoms with E-state index in [-0.39, 0.29) is 18.2 Å². The Morgan fingerprint density at radius 3 is 2.54 bits per heavy atom. The van der Waals surface area contributed by atoms with Crippen LogP contribution in [0.4, 0.5) is 0 Å². The van der Waals surface area contributed by atoms with Crippen LogP contribution in [0.5, 0.6) is 17.2 Å². The lowest BCUT2D eigenvalue weighted by Gasteiger charge is -2.12. The van der Waals surface area contributed by atoms with Gasteiger partial charge in [0.15, 0.2) is 11.4 Å². The van der Waals surface area contributed by atoms with Crippen molar-refractivity contribution in [2.24, 2.45) is 0 Å². The van der Waals surface area contributed by atoms with Gasteiger partial charge in [-0.1, -0.05) is 6.07 Å². The van der Waals surface area contributed by atoms with E-state index in [4.69, 9.17) is 9.47 Å². The number of aromatic hydroxyl groups is 1. The molecule has 7 nitrogen and oxygen atoms in total. The molecule has 0 saturated heterocycles. The number of hydrogen-bond donors (Lipinski definition) is 2. The Labute approximate surface area is 138 Å². The van der Waals surface area contributed by atoms with Gasteiger partial charge in [0.25, 0.3) is 5.91 Å². The highest BCUT2D eigenvalue weighted by atomic mass is 16.5. The number of benzene rings is 1. The molecule has 0 aliphatic rings. The third-order valence-electron chi connectivity index (χ3n) is 3.60. The summed E-state index contributed by atoms with van der Waals surface area (Å²) in [5.74, 6) is 0.617. The molecule has 0 aliphatic carbocycles. The van der Waals surface area contributed by atoms with E-state index in [1.54, 1.807) is 47.1 Å². The van der Waals surface area contributed by atoms with Crippen LogP contribution in [0.25, 0.3) is 5.65 Å². The van der Waals surface area contributed by atoms with Crippen molar-refractivity contribution in [3.8, 4) is 17.2 Å². The van der Waals surface area contributed by atoms with Crippen LogP contribution in [-0.4, -0.2) is 34.6 Å². The molecule has 1 aromatic carbocycles. The Hall–Kier alpha value is -3.22. The van der Waals surface area contributed by atoms with Crippen molar-refractivity contribution in [3.63, 3.8) is 0 Å².